The van der Waals surface area contributed by atoms with Gasteiger partial charge in [-0.15, -0.1) is 0 Å². The van der Waals surface area contributed by atoms with Gasteiger partial charge >= 0.3 is 0 Å². The number of carbonyl (C=O) groups excluding carboxylic acids is 2. The van der Waals surface area contributed by atoms with Crippen molar-refractivity contribution >= 4 is 22.6 Å². The van der Waals surface area contributed by atoms with Crippen molar-refractivity contribution < 1.29 is 9.59 Å². The Labute approximate surface area is 204 Å². The summed E-state index contributed by atoms with van der Waals surface area (Å²) in [4.78, 5) is 30.9. The molecule has 2 aromatic carbocycles. The maximum Gasteiger partial charge on any atom is 0.243 e. The average molecular weight is 466 g/mol. The molecule has 7 nitrogen and oxygen atoms in total. The van der Waals surface area contributed by atoms with Crippen LogP contribution in [-0.2, 0) is 23.2 Å². The number of fused-ring (bicyclic) bond motifs is 4. The summed E-state index contributed by atoms with van der Waals surface area (Å²) in [5.74, 6) is -0.0303. The lowest BCUT2D eigenvalue weighted by Gasteiger charge is -2.33. The van der Waals surface area contributed by atoms with Gasteiger partial charge in [-0.2, -0.15) is 10.4 Å². The zero-order valence-corrected chi connectivity index (χ0v) is 20.6. The second kappa shape index (κ2) is 7.95. The van der Waals surface area contributed by atoms with Crippen LogP contribution in [0.2, 0.25) is 0 Å². The summed E-state index contributed by atoms with van der Waals surface area (Å²) >= 11 is 0. The predicted molar refractivity (Wildman–Crippen MR) is 134 cm³/mol. The lowest BCUT2D eigenvalue weighted by molar-refractivity contribution is -0.129. The van der Waals surface area contributed by atoms with E-state index < -0.39 is 5.41 Å². The smallest absolute Gasteiger partial charge is 0.243 e. The first-order valence-corrected chi connectivity index (χ1v) is 11.7. The van der Waals surface area contributed by atoms with Gasteiger partial charge in [0.25, 0.3) is 0 Å². The number of nitrogens with zero attached hydrogens (tertiary/aromatic N) is 4. The first-order valence-electron chi connectivity index (χ1n) is 11.7. The molecule has 0 radical (unpaired) electrons. The molecule has 7 heteroatoms. The number of aryl methyl sites for hydroxylation is 1. The van der Waals surface area contributed by atoms with E-state index in [0.717, 1.165) is 45.3 Å². The number of ketones is 1. The van der Waals surface area contributed by atoms with Crippen LogP contribution in [0.25, 0.3) is 22.0 Å². The second-order valence-corrected chi connectivity index (χ2v) is 9.82. The van der Waals surface area contributed by atoms with E-state index in [9.17, 15) is 14.9 Å². The average Bonchev–Trinajstić information content (AvgIpc) is 3.46. The van der Waals surface area contributed by atoms with E-state index in [0.29, 0.717) is 16.7 Å². The van der Waals surface area contributed by atoms with Gasteiger partial charge in [0.05, 0.1) is 23.4 Å². The van der Waals surface area contributed by atoms with Crippen LogP contribution in [0.15, 0.2) is 42.7 Å². The Bertz CT molecular complexity index is 1560. The SMILES string of the molecule is CCc1cc2c(cc1-c1cnn(CC(=O)N(C)C)c1)C(C)(C)c1[nH]c3cc(C#N)ccc3c1C2=O. The van der Waals surface area contributed by atoms with Gasteiger partial charge in [0.1, 0.15) is 6.54 Å². The van der Waals surface area contributed by atoms with Crippen molar-refractivity contribution in [3.05, 3.63) is 76.2 Å². The highest BCUT2D eigenvalue weighted by Gasteiger charge is 2.40. The molecule has 5 rings (SSSR count). The third-order valence-corrected chi connectivity index (χ3v) is 7.06. The molecule has 0 bridgehead atoms. The van der Waals surface area contributed by atoms with E-state index in [1.807, 2.05) is 18.3 Å². The van der Waals surface area contributed by atoms with E-state index in [-0.39, 0.29) is 18.2 Å². The number of nitriles is 1. The van der Waals surface area contributed by atoms with E-state index in [4.69, 9.17) is 0 Å². The van der Waals surface area contributed by atoms with Crippen LogP contribution in [0.1, 0.15) is 59.1 Å². The highest BCUT2D eigenvalue weighted by atomic mass is 16.2. The number of hydrogen-bond donors (Lipinski definition) is 1. The van der Waals surface area contributed by atoms with E-state index in [2.05, 4.69) is 43.0 Å². The Balaban J connectivity index is 1.65. The lowest BCUT2D eigenvalue weighted by Crippen LogP contribution is -2.30. The first-order chi connectivity index (χ1) is 16.6. The van der Waals surface area contributed by atoms with Crippen LogP contribution in [0.3, 0.4) is 0 Å². The maximum absolute atomic E-state index is 13.8. The van der Waals surface area contributed by atoms with Crippen molar-refractivity contribution in [2.45, 2.75) is 39.2 Å². The van der Waals surface area contributed by atoms with Crippen LogP contribution < -0.4 is 0 Å². The third-order valence-electron chi connectivity index (χ3n) is 7.06. The summed E-state index contributed by atoms with van der Waals surface area (Å²) in [7, 11) is 3.45. The van der Waals surface area contributed by atoms with Crippen molar-refractivity contribution in [1.29, 1.82) is 5.26 Å². The van der Waals surface area contributed by atoms with Crippen LogP contribution in [0.4, 0.5) is 0 Å². The van der Waals surface area contributed by atoms with Gasteiger partial charge in [-0.05, 0) is 47.4 Å². The minimum absolute atomic E-state index is 0.00110. The molecule has 1 aliphatic rings. The van der Waals surface area contributed by atoms with E-state index >= 15 is 0 Å². The fourth-order valence-electron chi connectivity index (χ4n) is 5.02. The standard InChI is InChI=1S/C28H27N5O2/c1-6-17-10-21-22(11-20(17)18-13-30-33(14-18)15-24(34)32(4)5)28(2,3)27-25(26(21)35)19-8-7-16(12-29)9-23(19)31-27/h7-11,13-14,31H,6,15H2,1-5H3. The van der Waals surface area contributed by atoms with Crippen molar-refractivity contribution in [2.24, 2.45) is 0 Å². The molecule has 0 spiro atoms. The summed E-state index contributed by atoms with van der Waals surface area (Å²) in [6.07, 6.45) is 4.42. The minimum atomic E-state index is -0.456. The number of hydrogen-bond acceptors (Lipinski definition) is 4. The molecule has 4 aromatic rings. The van der Waals surface area contributed by atoms with Crippen molar-refractivity contribution in [1.82, 2.24) is 19.7 Å². The Morgan fingerprint density at radius 2 is 1.97 bits per heavy atom. The fourth-order valence-corrected chi connectivity index (χ4v) is 5.02. The fraction of sp³-hybridized carbons (Fsp3) is 0.286. The molecular formula is C28H27N5O2. The second-order valence-electron chi connectivity index (χ2n) is 9.82. The summed E-state index contributed by atoms with van der Waals surface area (Å²) in [5, 5.41) is 14.6. The Morgan fingerprint density at radius 1 is 1.20 bits per heavy atom. The van der Waals surface area contributed by atoms with Gasteiger partial charge in [0.2, 0.25) is 5.91 Å². The van der Waals surface area contributed by atoms with Gasteiger partial charge in [0, 0.05) is 53.4 Å². The van der Waals surface area contributed by atoms with Gasteiger partial charge in [-0.1, -0.05) is 26.8 Å². The molecule has 35 heavy (non-hydrogen) atoms. The zero-order valence-electron chi connectivity index (χ0n) is 20.6. The van der Waals surface area contributed by atoms with Crippen LogP contribution in [0, 0.1) is 11.3 Å². The highest BCUT2D eigenvalue weighted by molar-refractivity contribution is 6.20. The molecule has 0 saturated heterocycles. The Hall–Kier alpha value is -4.18. The maximum atomic E-state index is 13.8. The molecule has 176 valence electrons. The molecule has 2 aromatic heterocycles. The topological polar surface area (TPSA) is 94.8 Å². The van der Waals surface area contributed by atoms with Gasteiger partial charge in [-0.3, -0.25) is 14.3 Å². The first kappa shape index (κ1) is 22.6. The zero-order chi connectivity index (χ0) is 25.1. The number of H-pyrrole nitrogens is 1. The number of benzene rings is 2. The largest absolute Gasteiger partial charge is 0.357 e. The molecule has 0 fully saturated rings. The highest BCUT2D eigenvalue weighted by Crippen LogP contribution is 2.45. The van der Waals surface area contributed by atoms with Crippen molar-refractivity contribution in [3.8, 4) is 17.2 Å². The molecule has 0 atom stereocenters. The van der Waals surface area contributed by atoms with Crippen molar-refractivity contribution in [2.75, 3.05) is 14.1 Å². The molecule has 1 aliphatic carbocycles. The normalized spacial score (nSPS) is 13.9. The van der Waals surface area contributed by atoms with Crippen LogP contribution in [-0.4, -0.2) is 45.5 Å². The predicted octanol–water partition coefficient (Wildman–Crippen LogP) is 4.42. The summed E-state index contributed by atoms with van der Waals surface area (Å²) < 4.78 is 1.65. The van der Waals surface area contributed by atoms with E-state index in [1.54, 1.807) is 42.0 Å². The molecule has 1 amide bonds. The van der Waals surface area contributed by atoms with Crippen LogP contribution in [0.5, 0.6) is 0 Å². The lowest BCUT2D eigenvalue weighted by atomic mass is 9.70. The molecule has 0 unspecified atom stereocenters. The number of nitrogens with one attached hydrogen (secondary N) is 1. The Morgan fingerprint density at radius 3 is 2.66 bits per heavy atom. The molecule has 0 aliphatic heterocycles. The summed E-state index contributed by atoms with van der Waals surface area (Å²) in [6, 6.07) is 11.7. The molecular weight excluding hydrogens is 438 g/mol. The minimum Gasteiger partial charge on any atom is -0.357 e. The third kappa shape index (κ3) is 3.45. The molecule has 2 heterocycles. The van der Waals surface area contributed by atoms with Crippen molar-refractivity contribution in [3.63, 3.8) is 0 Å². The van der Waals surface area contributed by atoms with Crippen LogP contribution >= 0.6 is 0 Å². The summed E-state index contributed by atoms with van der Waals surface area (Å²) in [5.41, 5.74) is 7.10. The number of amides is 1. The molecule has 0 saturated carbocycles. The monoisotopic (exact) mass is 465 g/mol. The number of carbonyl (C=O) groups is 2. The summed E-state index contributed by atoms with van der Waals surface area (Å²) in [6.45, 7) is 6.48. The van der Waals surface area contributed by atoms with Gasteiger partial charge < -0.3 is 9.88 Å². The van der Waals surface area contributed by atoms with Gasteiger partial charge in [-0.25, -0.2) is 0 Å². The van der Waals surface area contributed by atoms with Gasteiger partial charge in [0.15, 0.2) is 5.78 Å². The number of rotatable bonds is 4. The van der Waals surface area contributed by atoms with E-state index in [1.165, 1.54) is 0 Å². The Kier molecular flexibility index (Phi) is 5.13. The quantitative estimate of drug-likeness (QED) is 0.483. The number of aromatic nitrogens is 3. The number of aromatic amines is 1. The number of likely N-dealkylation sites (N-methyl/N-ethyl adjacent to an activating group) is 1. The molecule has 1 N–H and O–H groups in total.